The molecule has 154 valence electrons. The molecule has 10 heteroatoms. The van der Waals surface area contributed by atoms with Gasteiger partial charge >= 0.3 is 0 Å². The zero-order valence-corrected chi connectivity index (χ0v) is 19.1. The van der Waals surface area contributed by atoms with Crippen LogP contribution in [0.5, 0.6) is 0 Å². The first-order chi connectivity index (χ1) is 13.7. The lowest BCUT2D eigenvalue weighted by Crippen LogP contribution is -2.53. The van der Waals surface area contributed by atoms with E-state index in [1.54, 1.807) is 41.7 Å². The van der Waals surface area contributed by atoms with Crippen LogP contribution in [0, 0.1) is 0 Å². The number of hydrogen-bond donors (Lipinski definition) is 1. The highest BCUT2D eigenvalue weighted by Crippen LogP contribution is 2.23. The van der Waals surface area contributed by atoms with Crippen LogP contribution in [0.3, 0.4) is 0 Å². The zero-order valence-electron chi connectivity index (χ0n) is 15.9. The molecule has 0 saturated carbocycles. The van der Waals surface area contributed by atoms with Crippen molar-refractivity contribution >= 4 is 47.2 Å². The summed E-state index contributed by atoms with van der Waals surface area (Å²) in [6.45, 7) is 3.16. The number of furan rings is 1. The van der Waals surface area contributed by atoms with Crippen LogP contribution in [-0.2, 0) is 6.54 Å². The number of guanidine groups is 1. The quantitative estimate of drug-likeness (QED) is 0.319. The van der Waals surface area contributed by atoms with E-state index in [0.717, 1.165) is 16.5 Å². The third-order valence-electron chi connectivity index (χ3n) is 4.52. The Morgan fingerprint density at radius 2 is 2.00 bits per heavy atom. The van der Waals surface area contributed by atoms with E-state index in [9.17, 15) is 4.79 Å². The lowest BCUT2D eigenvalue weighted by atomic mass is 10.3. The highest BCUT2D eigenvalue weighted by molar-refractivity contribution is 14.0. The van der Waals surface area contributed by atoms with Gasteiger partial charge < -0.3 is 24.0 Å². The van der Waals surface area contributed by atoms with E-state index < -0.39 is 0 Å². The Bertz CT molecular complexity index is 931. The molecule has 1 fully saturated rings. The van der Waals surface area contributed by atoms with Crippen LogP contribution in [0.25, 0.3) is 10.8 Å². The summed E-state index contributed by atoms with van der Waals surface area (Å²) in [6, 6.07) is 7.37. The first-order valence-corrected chi connectivity index (χ1v) is 9.89. The second kappa shape index (κ2) is 9.92. The lowest BCUT2D eigenvalue weighted by Gasteiger charge is -2.36. The van der Waals surface area contributed by atoms with Crippen molar-refractivity contribution in [2.75, 3.05) is 33.2 Å². The normalized spacial score (nSPS) is 14.6. The summed E-state index contributed by atoms with van der Waals surface area (Å²) in [7, 11) is 1.75. The third kappa shape index (κ3) is 4.99. The van der Waals surface area contributed by atoms with Crippen LogP contribution < -0.4 is 5.32 Å². The molecule has 29 heavy (non-hydrogen) atoms. The first kappa shape index (κ1) is 21.4. The highest BCUT2D eigenvalue weighted by atomic mass is 127. The van der Waals surface area contributed by atoms with Gasteiger partial charge in [0.2, 0.25) is 5.89 Å². The number of nitrogens with one attached hydrogen (secondary N) is 1. The van der Waals surface area contributed by atoms with Gasteiger partial charge in [0.05, 0.1) is 23.4 Å². The van der Waals surface area contributed by atoms with Gasteiger partial charge in [-0.25, -0.2) is 4.98 Å². The molecule has 1 aliphatic heterocycles. The van der Waals surface area contributed by atoms with E-state index in [4.69, 9.17) is 8.83 Å². The predicted molar refractivity (Wildman–Crippen MR) is 122 cm³/mol. The average molecular weight is 527 g/mol. The van der Waals surface area contributed by atoms with Crippen molar-refractivity contribution in [2.45, 2.75) is 6.54 Å². The maximum Gasteiger partial charge on any atom is 0.289 e. The van der Waals surface area contributed by atoms with Gasteiger partial charge in [-0.15, -0.1) is 35.3 Å². The van der Waals surface area contributed by atoms with Crippen molar-refractivity contribution in [1.29, 1.82) is 0 Å². The van der Waals surface area contributed by atoms with Gasteiger partial charge in [0.25, 0.3) is 5.91 Å². The fraction of sp³-hybridized carbons (Fsp3) is 0.316. The van der Waals surface area contributed by atoms with E-state index in [0.29, 0.717) is 44.4 Å². The number of rotatable bonds is 4. The van der Waals surface area contributed by atoms with E-state index in [1.807, 2.05) is 17.5 Å². The van der Waals surface area contributed by atoms with Gasteiger partial charge in [-0.3, -0.25) is 9.79 Å². The van der Waals surface area contributed by atoms with Crippen LogP contribution in [0.4, 0.5) is 0 Å². The number of carbonyl (C=O) groups excluding carboxylic acids is 1. The Balaban J connectivity index is 0.00000240. The number of hydrogen-bond acceptors (Lipinski definition) is 6. The van der Waals surface area contributed by atoms with Crippen molar-refractivity contribution in [2.24, 2.45) is 4.99 Å². The molecule has 4 rings (SSSR count). The molecule has 0 bridgehead atoms. The maximum absolute atomic E-state index is 12.4. The second-order valence-electron chi connectivity index (χ2n) is 6.28. The number of thiophene rings is 1. The molecule has 0 radical (unpaired) electrons. The summed E-state index contributed by atoms with van der Waals surface area (Å²) in [6.07, 6.45) is 3.18. The zero-order chi connectivity index (χ0) is 19.3. The van der Waals surface area contributed by atoms with Gasteiger partial charge in [-0.05, 0) is 23.6 Å². The van der Waals surface area contributed by atoms with Gasteiger partial charge in [0.15, 0.2) is 11.7 Å². The minimum Gasteiger partial charge on any atom is -0.459 e. The Labute approximate surface area is 189 Å². The number of piperazine rings is 1. The molecule has 0 aromatic carbocycles. The Morgan fingerprint density at radius 3 is 2.66 bits per heavy atom. The average Bonchev–Trinajstić information content (AvgIpc) is 3.50. The molecular weight excluding hydrogens is 505 g/mol. The number of oxazole rings is 1. The monoisotopic (exact) mass is 527 g/mol. The van der Waals surface area contributed by atoms with Gasteiger partial charge in [0, 0.05) is 33.2 Å². The molecule has 3 aromatic rings. The van der Waals surface area contributed by atoms with Crippen LogP contribution in [0.2, 0.25) is 0 Å². The second-order valence-corrected chi connectivity index (χ2v) is 7.23. The van der Waals surface area contributed by atoms with Gasteiger partial charge in [0.1, 0.15) is 6.26 Å². The van der Waals surface area contributed by atoms with E-state index >= 15 is 0 Å². The number of amides is 1. The predicted octanol–water partition coefficient (Wildman–Crippen LogP) is 3.15. The highest BCUT2D eigenvalue weighted by Gasteiger charge is 2.25. The topological polar surface area (TPSA) is 87.1 Å². The molecule has 8 nitrogen and oxygen atoms in total. The van der Waals surface area contributed by atoms with Crippen molar-refractivity contribution < 1.29 is 13.6 Å². The Morgan fingerprint density at radius 1 is 1.21 bits per heavy atom. The SMILES string of the molecule is CN=C(NCc1coc(-c2cccs2)n1)N1CCN(C(=O)c2ccco2)CC1.I. The van der Waals surface area contributed by atoms with E-state index in [1.165, 1.54) is 6.26 Å². The molecule has 1 aliphatic rings. The Kier molecular flexibility index (Phi) is 7.31. The maximum atomic E-state index is 12.4. The summed E-state index contributed by atoms with van der Waals surface area (Å²) in [5, 5.41) is 5.32. The van der Waals surface area contributed by atoms with Crippen molar-refractivity contribution in [3.05, 3.63) is 53.6 Å². The molecule has 4 heterocycles. The summed E-state index contributed by atoms with van der Waals surface area (Å²) in [4.78, 5) is 26.2. The third-order valence-corrected chi connectivity index (χ3v) is 5.38. The van der Waals surface area contributed by atoms with Crippen LogP contribution in [-0.4, -0.2) is 59.9 Å². The molecule has 1 N–H and O–H groups in total. The van der Waals surface area contributed by atoms with Crippen LogP contribution >= 0.6 is 35.3 Å². The molecule has 0 aliphatic carbocycles. The van der Waals surface area contributed by atoms with E-state index in [-0.39, 0.29) is 29.9 Å². The van der Waals surface area contributed by atoms with E-state index in [2.05, 4.69) is 20.2 Å². The smallest absolute Gasteiger partial charge is 0.289 e. The molecule has 1 amide bonds. The van der Waals surface area contributed by atoms with Crippen molar-refractivity contribution in [3.8, 4) is 10.8 Å². The fourth-order valence-electron chi connectivity index (χ4n) is 3.08. The number of nitrogens with zero attached hydrogens (tertiary/aromatic N) is 4. The minimum absolute atomic E-state index is 0. The molecule has 0 atom stereocenters. The molecule has 0 spiro atoms. The molecule has 1 saturated heterocycles. The van der Waals surface area contributed by atoms with Crippen LogP contribution in [0.1, 0.15) is 16.2 Å². The summed E-state index contributed by atoms with van der Waals surface area (Å²) in [5.41, 5.74) is 0.816. The Hall–Kier alpha value is -2.34. The molecular formula is C19H22IN5O3S. The van der Waals surface area contributed by atoms with Crippen molar-refractivity contribution in [1.82, 2.24) is 20.1 Å². The first-order valence-electron chi connectivity index (χ1n) is 9.01. The number of aromatic nitrogens is 1. The van der Waals surface area contributed by atoms with Crippen LogP contribution in [0.15, 0.2) is 56.0 Å². The number of aliphatic imine (C=N–C) groups is 1. The van der Waals surface area contributed by atoms with Gasteiger partial charge in [-0.2, -0.15) is 0 Å². The summed E-state index contributed by atoms with van der Waals surface area (Å²) < 4.78 is 10.8. The van der Waals surface area contributed by atoms with Gasteiger partial charge in [-0.1, -0.05) is 6.07 Å². The number of carbonyl (C=O) groups is 1. The standard InChI is InChI=1S/C19H21N5O3S.HI/c1-20-19(21-12-14-13-27-17(22-14)16-5-3-11-28-16)24-8-6-23(7-9-24)18(25)15-4-2-10-26-15;/h2-5,10-11,13H,6-9,12H2,1H3,(H,20,21);1H. The molecule has 3 aromatic heterocycles. The largest absolute Gasteiger partial charge is 0.459 e. The molecule has 0 unspecified atom stereocenters. The summed E-state index contributed by atoms with van der Waals surface area (Å²) >= 11 is 1.59. The number of halogens is 1. The minimum atomic E-state index is -0.0729. The fourth-order valence-corrected chi connectivity index (χ4v) is 3.74. The summed E-state index contributed by atoms with van der Waals surface area (Å²) in [5.74, 6) is 1.72. The lowest BCUT2D eigenvalue weighted by molar-refractivity contribution is 0.0657. The van der Waals surface area contributed by atoms with Crippen molar-refractivity contribution in [3.63, 3.8) is 0 Å².